The highest BCUT2D eigenvalue weighted by molar-refractivity contribution is 6.58. The van der Waals surface area contributed by atoms with Gasteiger partial charge in [0, 0.05) is 6.20 Å². The number of H-pyrrole nitrogens is 1. The molecule has 104 valence electrons. The summed E-state index contributed by atoms with van der Waals surface area (Å²) in [5.74, 6) is 0.302. The van der Waals surface area contributed by atoms with Gasteiger partial charge >= 0.3 is 12.8 Å². The third kappa shape index (κ3) is 2.65. The van der Waals surface area contributed by atoms with E-state index < -0.39 is 24.6 Å². The van der Waals surface area contributed by atoms with Gasteiger partial charge in [-0.25, -0.2) is 4.79 Å². The molecule has 0 bridgehead atoms. The van der Waals surface area contributed by atoms with Crippen molar-refractivity contribution < 1.29 is 14.8 Å². The minimum Gasteiger partial charge on any atom is -0.423 e. The molecule has 8 heteroatoms. The smallest absolute Gasteiger partial charge is 0.423 e. The Hall–Kier alpha value is -1.38. The van der Waals surface area contributed by atoms with Crippen LogP contribution in [-0.2, 0) is 4.74 Å². The molecule has 0 spiro atoms. The summed E-state index contributed by atoms with van der Waals surface area (Å²) in [6.45, 7) is 4.04. The van der Waals surface area contributed by atoms with E-state index in [9.17, 15) is 9.59 Å². The number of nitrogens with one attached hydrogen (secondary N) is 1. The van der Waals surface area contributed by atoms with Gasteiger partial charge in [-0.05, 0) is 18.8 Å². The Balaban J connectivity index is 2.38. The summed E-state index contributed by atoms with van der Waals surface area (Å²) in [4.78, 5) is 25.2. The van der Waals surface area contributed by atoms with Gasteiger partial charge in [-0.15, -0.1) is 0 Å². The molecule has 3 unspecified atom stereocenters. The first-order valence-electron chi connectivity index (χ1n) is 6.31. The van der Waals surface area contributed by atoms with E-state index in [0.29, 0.717) is 12.3 Å². The van der Waals surface area contributed by atoms with E-state index >= 15 is 0 Å². The van der Waals surface area contributed by atoms with Crippen LogP contribution in [0.1, 0.15) is 32.9 Å². The Labute approximate surface area is 110 Å². The molecular weight excluding hydrogens is 251 g/mol. The van der Waals surface area contributed by atoms with E-state index in [1.54, 1.807) is 0 Å². The van der Waals surface area contributed by atoms with Crippen molar-refractivity contribution in [3.63, 3.8) is 0 Å². The SMILES string of the molecule is CCC1OC(n2cc(B(O)O)c(=O)[nH]c2=O)CC1C. The summed E-state index contributed by atoms with van der Waals surface area (Å²) < 4.78 is 6.95. The average molecular weight is 268 g/mol. The van der Waals surface area contributed by atoms with Gasteiger partial charge in [-0.2, -0.15) is 0 Å². The molecule has 0 aliphatic carbocycles. The number of aromatic amines is 1. The number of aromatic nitrogens is 2. The van der Waals surface area contributed by atoms with Crippen LogP contribution in [0.3, 0.4) is 0 Å². The highest BCUT2D eigenvalue weighted by atomic mass is 16.5. The highest BCUT2D eigenvalue weighted by Gasteiger charge is 2.33. The second-order valence-electron chi connectivity index (χ2n) is 4.88. The van der Waals surface area contributed by atoms with Gasteiger partial charge in [0.15, 0.2) is 0 Å². The molecule has 3 atom stereocenters. The maximum Gasteiger partial charge on any atom is 0.495 e. The fraction of sp³-hybridized carbons (Fsp3) is 0.636. The van der Waals surface area contributed by atoms with Crippen molar-refractivity contribution in [3.05, 3.63) is 27.0 Å². The minimum atomic E-state index is -1.92. The number of ether oxygens (including phenoxy) is 1. The normalized spacial score (nSPS) is 26.6. The zero-order valence-electron chi connectivity index (χ0n) is 10.9. The van der Waals surface area contributed by atoms with Crippen molar-refractivity contribution in [2.45, 2.75) is 39.0 Å². The Morgan fingerprint density at radius 1 is 1.53 bits per heavy atom. The topological polar surface area (TPSA) is 105 Å². The molecule has 0 radical (unpaired) electrons. The zero-order valence-corrected chi connectivity index (χ0v) is 10.9. The van der Waals surface area contributed by atoms with E-state index in [4.69, 9.17) is 14.8 Å². The van der Waals surface area contributed by atoms with Crippen LogP contribution in [0.4, 0.5) is 0 Å². The third-order valence-electron chi connectivity index (χ3n) is 3.53. The lowest BCUT2D eigenvalue weighted by atomic mass is 9.82. The highest BCUT2D eigenvalue weighted by Crippen LogP contribution is 2.33. The van der Waals surface area contributed by atoms with Crippen LogP contribution in [-0.4, -0.2) is 32.8 Å². The Morgan fingerprint density at radius 2 is 2.21 bits per heavy atom. The molecule has 0 saturated carbocycles. The molecule has 1 aliphatic rings. The van der Waals surface area contributed by atoms with Crippen molar-refractivity contribution in [2.75, 3.05) is 0 Å². The molecule has 3 N–H and O–H groups in total. The monoisotopic (exact) mass is 268 g/mol. The van der Waals surface area contributed by atoms with Gasteiger partial charge in [0.2, 0.25) is 0 Å². The molecule has 0 aromatic carbocycles. The van der Waals surface area contributed by atoms with Crippen molar-refractivity contribution in [1.29, 1.82) is 0 Å². The number of hydrogen-bond acceptors (Lipinski definition) is 5. The Bertz CT molecular complexity index is 567. The summed E-state index contributed by atoms with van der Waals surface area (Å²) in [5, 5.41) is 18.2. The Morgan fingerprint density at radius 3 is 2.74 bits per heavy atom. The van der Waals surface area contributed by atoms with Gasteiger partial charge in [-0.3, -0.25) is 14.3 Å². The van der Waals surface area contributed by atoms with Crippen LogP contribution >= 0.6 is 0 Å². The van der Waals surface area contributed by atoms with E-state index in [-0.39, 0.29) is 11.6 Å². The van der Waals surface area contributed by atoms with E-state index in [0.717, 1.165) is 12.6 Å². The first kappa shape index (κ1) is 14.0. The molecule has 7 nitrogen and oxygen atoms in total. The van der Waals surface area contributed by atoms with Crippen LogP contribution in [0.5, 0.6) is 0 Å². The second kappa shape index (κ2) is 5.32. The predicted octanol–water partition coefficient (Wildman–Crippen LogP) is -1.45. The minimum absolute atomic E-state index is 0.0614. The largest absolute Gasteiger partial charge is 0.495 e. The average Bonchev–Trinajstić information content (AvgIpc) is 2.69. The first-order valence-corrected chi connectivity index (χ1v) is 6.31. The van der Waals surface area contributed by atoms with E-state index in [1.165, 1.54) is 4.57 Å². The van der Waals surface area contributed by atoms with Gasteiger partial charge in [0.1, 0.15) is 6.23 Å². The third-order valence-corrected chi connectivity index (χ3v) is 3.53. The first-order chi connectivity index (χ1) is 8.93. The molecule has 1 aromatic heterocycles. The summed E-state index contributed by atoms with van der Waals surface area (Å²) in [6, 6.07) is 0. The van der Waals surface area contributed by atoms with Gasteiger partial charge in [0.25, 0.3) is 5.56 Å². The maximum atomic E-state index is 11.8. The van der Waals surface area contributed by atoms with Crippen LogP contribution in [0.15, 0.2) is 15.8 Å². The molecule has 2 heterocycles. The second-order valence-corrected chi connectivity index (χ2v) is 4.88. The summed E-state index contributed by atoms with van der Waals surface area (Å²) >= 11 is 0. The lowest BCUT2D eigenvalue weighted by molar-refractivity contribution is -0.00746. The number of rotatable bonds is 3. The Kier molecular flexibility index (Phi) is 3.93. The van der Waals surface area contributed by atoms with Gasteiger partial charge in [-0.1, -0.05) is 13.8 Å². The van der Waals surface area contributed by atoms with Crippen LogP contribution in [0, 0.1) is 5.92 Å². The van der Waals surface area contributed by atoms with Crippen LogP contribution in [0.2, 0.25) is 0 Å². The molecule has 1 aromatic rings. The van der Waals surface area contributed by atoms with Crippen molar-refractivity contribution in [1.82, 2.24) is 9.55 Å². The van der Waals surface area contributed by atoms with E-state index in [2.05, 4.69) is 4.98 Å². The summed E-state index contributed by atoms with van der Waals surface area (Å²) in [7, 11) is -1.92. The predicted molar refractivity (Wildman–Crippen MR) is 69.1 cm³/mol. The quantitative estimate of drug-likeness (QED) is 0.582. The summed E-state index contributed by atoms with van der Waals surface area (Å²) in [6.07, 6.45) is 2.21. The van der Waals surface area contributed by atoms with Gasteiger partial charge < -0.3 is 14.8 Å². The van der Waals surface area contributed by atoms with Crippen molar-refractivity contribution >= 4 is 12.6 Å². The molecule has 1 aliphatic heterocycles. The lowest BCUT2D eigenvalue weighted by Gasteiger charge is -2.15. The maximum absolute atomic E-state index is 11.8. The molecule has 2 rings (SSSR count). The molecular formula is C11H17BN2O5. The zero-order chi connectivity index (χ0) is 14.2. The van der Waals surface area contributed by atoms with Crippen LogP contribution < -0.4 is 16.7 Å². The molecule has 1 saturated heterocycles. The van der Waals surface area contributed by atoms with Gasteiger partial charge in [0.05, 0.1) is 11.6 Å². The van der Waals surface area contributed by atoms with Crippen LogP contribution in [0.25, 0.3) is 0 Å². The fourth-order valence-corrected chi connectivity index (χ4v) is 2.44. The molecule has 1 fully saturated rings. The molecule has 0 amide bonds. The summed E-state index contributed by atoms with van der Waals surface area (Å²) in [5.41, 5.74) is -1.67. The lowest BCUT2D eigenvalue weighted by Crippen LogP contribution is -2.48. The molecule has 19 heavy (non-hydrogen) atoms. The van der Waals surface area contributed by atoms with Crippen molar-refractivity contribution in [3.8, 4) is 0 Å². The standard InChI is InChI=1S/C11H17BN2O5/c1-3-8-6(2)4-9(19-8)14-5-7(12(17)18)10(15)13-11(14)16/h5-6,8-9,17-18H,3-4H2,1-2H3,(H,13,15,16). The fourth-order valence-electron chi connectivity index (χ4n) is 2.44. The van der Waals surface area contributed by atoms with Crippen molar-refractivity contribution in [2.24, 2.45) is 5.92 Å². The number of hydrogen-bond donors (Lipinski definition) is 3. The van der Waals surface area contributed by atoms with E-state index in [1.807, 2.05) is 13.8 Å². The number of nitrogens with zero attached hydrogens (tertiary/aromatic N) is 1.